The largest absolute Gasteiger partial charge is 0.458 e. The van der Waals surface area contributed by atoms with Gasteiger partial charge in [-0.15, -0.1) is 0 Å². The van der Waals surface area contributed by atoms with E-state index in [9.17, 15) is 22.0 Å². The van der Waals surface area contributed by atoms with Crippen LogP contribution in [0, 0.1) is 52.9 Å². The highest BCUT2D eigenvalue weighted by Crippen LogP contribution is 2.42. The molecule has 1 aliphatic carbocycles. The average molecular weight is 605 g/mol. The molecule has 1 heterocycles. The monoisotopic (exact) mass is 604 g/mol. The Hall–Kier alpha value is -3.05. The van der Waals surface area contributed by atoms with Gasteiger partial charge in [-0.1, -0.05) is 63.5 Å². The third-order valence-electron chi connectivity index (χ3n) is 9.17. The van der Waals surface area contributed by atoms with Gasteiger partial charge in [-0.3, -0.25) is 0 Å². The second-order valence-electron chi connectivity index (χ2n) is 12.0. The number of rotatable bonds is 7. The minimum Gasteiger partial charge on any atom is -0.373 e. The van der Waals surface area contributed by atoms with E-state index >= 15 is 8.78 Å². The van der Waals surface area contributed by atoms with Gasteiger partial charge in [0.05, 0.1) is 23.8 Å². The lowest BCUT2D eigenvalue weighted by molar-refractivity contribution is -0.0696. The van der Waals surface area contributed by atoms with Crippen molar-refractivity contribution in [3.05, 3.63) is 70.8 Å². The molecule has 0 amide bonds. The number of hydrogen-bond donors (Lipinski definition) is 0. The minimum atomic E-state index is -4.92. The summed E-state index contributed by atoms with van der Waals surface area (Å²) in [6.07, 6.45) is 6.44. The Bertz CT molecular complexity index is 1480. The van der Waals surface area contributed by atoms with Crippen LogP contribution >= 0.6 is 0 Å². The van der Waals surface area contributed by atoms with Crippen LogP contribution in [0.2, 0.25) is 0 Å². The number of hydrogen-bond acceptors (Lipinski definition) is 1. The predicted molar refractivity (Wildman–Crippen MR) is 153 cm³/mol. The fourth-order valence-electron chi connectivity index (χ4n) is 6.83. The molecule has 2 fully saturated rings. The van der Waals surface area contributed by atoms with Crippen molar-refractivity contribution >= 4 is 10.8 Å². The van der Waals surface area contributed by atoms with E-state index in [0.29, 0.717) is 30.4 Å². The maximum Gasteiger partial charge on any atom is 0.458 e. The lowest BCUT2D eigenvalue weighted by Gasteiger charge is -2.38. The highest BCUT2D eigenvalue weighted by Gasteiger charge is 2.32. The standard InChI is InChI=1S/C35H35F7O/c1-2-3-4-5-21-6-8-22(9-7-21)24-11-13-32(43-20-24)26-18-30(37)33(31(38)19-26)23-10-12-27-25(16-23)17-29(36)28(34(27)39)14-15-35(40,41)42/h10,12,16-19,21-22,24,32H,2-9,11,13,20H2,1H3. The van der Waals surface area contributed by atoms with E-state index in [1.807, 2.05) is 0 Å². The van der Waals surface area contributed by atoms with E-state index in [0.717, 1.165) is 30.4 Å². The first-order chi connectivity index (χ1) is 20.5. The van der Waals surface area contributed by atoms with Gasteiger partial charge in [0.2, 0.25) is 0 Å². The Labute approximate surface area is 247 Å². The molecule has 2 aliphatic rings. The van der Waals surface area contributed by atoms with Crippen LogP contribution in [0.25, 0.3) is 21.9 Å². The first-order valence-electron chi connectivity index (χ1n) is 15.2. The van der Waals surface area contributed by atoms with Crippen molar-refractivity contribution in [3.63, 3.8) is 0 Å². The van der Waals surface area contributed by atoms with E-state index in [1.54, 1.807) is 0 Å². The normalized spacial score (nSPS) is 22.8. The number of halogens is 7. The topological polar surface area (TPSA) is 9.23 Å². The van der Waals surface area contributed by atoms with Crippen molar-refractivity contribution in [3.8, 4) is 23.0 Å². The molecular weight excluding hydrogens is 569 g/mol. The SMILES string of the molecule is CCCCCC1CCC(C2CCC(c3cc(F)c(-c4ccc5c(F)c(C#CC(F)(F)F)c(F)cc5c4)c(F)c3)OC2)CC1. The fraction of sp³-hybridized carbons (Fsp3) is 0.486. The van der Waals surface area contributed by atoms with E-state index in [4.69, 9.17) is 4.74 Å². The Morgan fingerprint density at radius 1 is 0.814 bits per heavy atom. The molecule has 1 aliphatic heterocycles. The molecule has 43 heavy (non-hydrogen) atoms. The Morgan fingerprint density at radius 3 is 2.14 bits per heavy atom. The Morgan fingerprint density at radius 2 is 1.51 bits per heavy atom. The quantitative estimate of drug-likeness (QED) is 0.148. The van der Waals surface area contributed by atoms with Crippen LogP contribution in [0.3, 0.4) is 0 Å². The molecule has 8 heteroatoms. The highest BCUT2D eigenvalue weighted by molar-refractivity contribution is 5.89. The van der Waals surface area contributed by atoms with Crippen LogP contribution in [-0.4, -0.2) is 12.8 Å². The predicted octanol–water partition coefficient (Wildman–Crippen LogP) is 10.8. The van der Waals surface area contributed by atoms with Gasteiger partial charge in [0.25, 0.3) is 0 Å². The van der Waals surface area contributed by atoms with Crippen LogP contribution in [0.15, 0.2) is 36.4 Å². The molecule has 2 atom stereocenters. The summed E-state index contributed by atoms with van der Waals surface area (Å²) in [7, 11) is 0. The number of alkyl halides is 3. The van der Waals surface area contributed by atoms with Crippen molar-refractivity contribution in [2.45, 2.75) is 83.4 Å². The van der Waals surface area contributed by atoms with Crippen molar-refractivity contribution in [1.29, 1.82) is 0 Å². The minimum absolute atomic E-state index is 0.0388. The van der Waals surface area contributed by atoms with Gasteiger partial charge in [0.1, 0.15) is 23.3 Å². The van der Waals surface area contributed by atoms with Gasteiger partial charge in [-0.2, -0.15) is 13.2 Å². The highest BCUT2D eigenvalue weighted by atomic mass is 19.4. The summed E-state index contributed by atoms with van der Waals surface area (Å²) < 4.78 is 103. The lowest BCUT2D eigenvalue weighted by Crippen LogP contribution is -2.29. The maximum atomic E-state index is 15.3. The van der Waals surface area contributed by atoms with Gasteiger partial charge >= 0.3 is 6.18 Å². The number of ether oxygens (including phenoxy) is 1. The molecule has 3 aromatic carbocycles. The zero-order valence-electron chi connectivity index (χ0n) is 24.1. The zero-order valence-corrected chi connectivity index (χ0v) is 24.1. The van der Waals surface area contributed by atoms with Crippen molar-refractivity contribution in [1.82, 2.24) is 0 Å². The van der Waals surface area contributed by atoms with Crippen molar-refractivity contribution in [2.75, 3.05) is 6.61 Å². The van der Waals surface area contributed by atoms with Gasteiger partial charge in [-0.25, -0.2) is 17.6 Å². The summed E-state index contributed by atoms with van der Waals surface area (Å²) in [5.74, 6) is 0.0188. The van der Waals surface area contributed by atoms with Crippen molar-refractivity contribution in [2.24, 2.45) is 17.8 Å². The van der Waals surface area contributed by atoms with E-state index in [-0.39, 0.29) is 21.9 Å². The Balaban J connectivity index is 1.27. The van der Waals surface area contributed by atoms with Gasteiger partial charge < -0.3 is 4.74 Å². The molecule has 0 N–H and O–H groups in total. The summed E-state index contributed by atoms with van der Waals surface area (Å²) >= 11 is 0. The van der Waals surface area contributed by atoms with Crippen LogP contribution in [0.1, 0.15) is 88.4 Å². The summed E-state index contributed by atoms with van der Waals surface area (Å²) in [4.78, 5) is 0. The van der Waals surface area contributed by atoms with Gasteiger partial charge in [0, 0.05) is 11.3 Å². The fourth-order valence-corrected chi connectivity index (χ4v) is 6.83. The zero-order chi connectivity index (χ0) is 30.7. The molecule has 5 rings (SSSR count). The summed E-state index contributed by atoms with van der Waals surface area (Å²) in [5, 5.41) is -0.284. The maximum absolute atomic E-state index is 15.3. The van der Waals surface area contributed by atoms with E-state index in [1.165, 1.54) is 81.6 Å². The molecule has 1 saturated heterocycles. The third-order valence-corrected chi connectivity index (χ3v) is 9.17. The van der Waals surface area contributed by atoms with Crippen LogP contribution < -0.4 is 0 Å². The smallest absolute Gasteiger partial charge is 0.373 e. The van der Waals surface area contributed by atoms with Crippen LogP contribution in [0.5, 0.6) is 0 Å². The van der Waals surface area contributed by atoms with Crippen LogP contribution in [0.4, 0.5) is 30.7 Å². The molecule has 2 unspecified atom stereocenters. The van der Waals surface area contributed by atoms with Gasteiger partial charge in [0.15, 0.2) is 0 Å². The summed E-state index contributed by atoms with van der Waals surface area (Å²) in [5.41, 5.74) is -0.944. The van der Waals surface area contributed by atoms with E-state index in [2.05, 4.69) is 6.92 Å². The number of unbranched alkanes of at least 4 members (excludes halogenated alkanes) is 2. The Kier molecular flexibility index (Phi) is 9.70. The first kappa shape index (κ1) is 31.4. The third kappa shape index (κ3) is 7.37. The molecule has 230 valence electrons. The molecular formula is C35H35F7O. The second kappa shape index (κ2) is 13.3. The molecule has 0 aromatic heterocycles. The summed E-state index contributed by atoms with van der Waals surface area (Å²) in [6, 6.07) is 6.87. The second-order valence-corrected chi connectivity index (χ2v) is 12.0. The molecule has 0 spiro atoms. The van der Waals surface area contributed by atoms with Gasteiger partial charge in [-0.05, 0) is 84.2 Å². The molecule has 1 saturated carbocycles. The lowest BCUT2D eigenvalue weighted by atomic mass is 9.72. The average Bonchev–Trinajstić information content (AvgIpc) is 2.96. The molecule has 0 radical (unpaired) electrons. The molecule has 1 nitrogen and oxygen atoms in total. The molecule has 0 bridgehead atoms. The first-order valence-corrected chi connectivity index (χ1v) is 15.2. The molecule has 3 aromatic rings. The number of benzene rings is 3. The number of fused-ring (bicyclic) bond motifs is 1. The van der Waals surface area contributed by atoms with Crippen LogP contribution in [-0.2, 0) is 4.74 Å². The van der Waals surface area contributed by atoms with E-state index < -0.39 is 41.1 Å². The van der Waals surface area contributed by atoms with Crippen molar-refractivity contribution < 1.29 is 35.5 Å². The summed E-state index contributed by atoms with van der Waals surface area (Å²) in [6.45, 7) is 2.79.